The average Bonchev–Trinajstić information content (AvgIpc) is 3.84. The smallest absolute Gasteiger partial charge is 0.356 e. The first-order valence-electron chi connectivity index (χ1n) is 22.4. The monoisotopic (exact) mass is 1040 g/mol. The van der Waals surface area contributed by atoms with E-state index in [1.807, 2.05) is 152 Å². The summed E-state index contributed by atoms with van der Waals surface area (Å²) in [6.07, 6.45) is -0.200. The van der Waals surface area contributed by atoms with E-state index < -0.39 is 62.8 Å². The fraction of sp³-hybridized carbons (Fsp3) is 0.241. The number of carbonyl (C=O) groups is 5. The van der Waals surface area contributed by atoms with Crippen molar-refractivity contribution in [3.8, 4) is 0 Å². The van der Waals surface area contributed by atoms with Gasteiger partial charge in [0.05, 0.1) is 4.83 Å². The second-order valence-corrected chi connectivity index (χ2v) is 20.9. The van der Waals surface area contributed by atoms with E-state index in [9.17, 15) is 24.0 Å². The molecule has 16 heteroatoms. The number of alkyl halides is 1. The third-order valence-corrected chi connectivity index (χ3v) is 14.3. The molecule has 3 unspecified atom stereocenters. The Labute approximate surface area is 422 Å². The number of fused-ring (bicyclic) bond motifs is 1. The first-order chi connectivity index (χ1) is 33.6. The molecule has 1 aromatic heterocycles. The predicted octanol–water partition coefficient (Wildman–Crippen LogP) is 9.34. The van der Waals surface area contributed by atoms with E-state index >= 15 is 0 Å². The third kappa shape index (κ3) is 10.5. The van der Waals surface area contributed by atoms with Gasteiger partial charge in [0.15, 0.2) is 16.9 Å². The lowest BCUT2D eigenvalue weighted by Crippen LogP contribution is -2.71. The molecule has 0 spiro atoms. The summed E-state index contributed by atoms with van der Waals surface area (Å²) in [4.78, 5) is 80.2. The summed E-state index contributed by atoms with van der Waals surface area (Å²) in [6, 6.07) is 47.0. The van der Waals surface area contributed by atoms with E-state index in [1.165, 1.54) is 41.8 Å². The van der Waals surface area contributed by atoms with E-state index in [1.54, 1.807) is 26.2 Å². The van der Waals surface area contributed by atoms with Crippen LogP contribution in [0.2, 0.25) is 0 Å². The van der Waals surface area contributed by atoms with Crippen molar-refractivity contribution < 1.29 is 38.3 Å². The lowest BCUT2D eigenvalue weighted by Gasteiger charge is -2.50. The van der Waals surface area contributed by atoms with Gasteiger partial charge in [-0.2, -0.15) is 0 Å². The van der Waals surface area contributed by atoms with Crippen LogP contribution in [0.4, 0.5) is 5.13 Å². The van der Waals surface area contributed by atoms with Gasteiger partial charge in [-0.15, -0.1) is 23.1 Å². The van der Waals surface area contributed by atoms with Crippen LogP contribution in [0, 0.1) is 0 Å². The molecule has 0 radical (unpaired) electrons. The van der Waals surface area contributed by atoms with E-state index in [4.69, 9.17) is 19.3 Å². The van der Waals surface area contributed by atoms with E-state index in [0.717, 1.165) is 16.7 Å². The number of halogens is 1. The highest BCUT2D eigenvalue weighted by Crippen LogP contribution is 2.44. The Kier molecular flexibility index (Phi) is 14.9. The summed E-state index contributed by atoms with van der Waals surface area (Å²) in [5, 5.41) is 12.1. The summed E-state index contributed by atoms with van der Waals surface area (Å²) >= 11 is 5.88. The van der Waals surface area contributed by atoms with Crippen LogP contribution in [0.1, 0.15) is 74.2 Å². The largest absolute Gasteiger partial charge is 0.457 e. The number of aromatic nitrogens is 1. The molecule has 2 N–H and O–H groups in total. The fourth-order valence-electron chi connectivity index (χ4n) is 8.07. The van der Waals surface area contributed by atoms with Crippen molar-refractivity contribution in [3.63, 3.8) is 0 Å². The predicted molar refractivity (Wildman–Crippen MR) is 274 cm³/mol. The number of hydrogen-bond acceptors (Lipinski definition) is 13. The Morgan fingerprint density at radius 1 is 0.786 bits per heavy atom. The maximum atomic E-state index is 14.7. The topological polar surface area (TPSA) is 166 Å². The number of rotatable bonds is 17. The minimum atomic E-state index is -1.67. The first kappa shape index (κ1) is 49.5. The van der Waals surface area contributed by atoms with Gasteiger partial charge in [-0.25, -0.2) is 14.6 Å². The van der Waals surface area contributed by atoms with Crippen molar-refractivity contribution in [1.29, 1.82) is 0 Å². The van der Waals surface area contributed by atoms with Crippen molar-refractivity contribution in [3.05, 3.63) is 202 Å². The molecule has 2 aliphatic rings. The Morgan fingerprint density at radius 3 is 1.77 bits per heavy atom. The van der Waals surface area contributed by atoms with Crippen molar-refractivity contribution in [2.45, 2.75) is 73.7 Å². The molecule has 0 bridgehead atoms. The van der Waals surface area contributed by atoms with Crippen LogP contribution < -0.4 is 10.6 Å². The molecule has 1 fully saturated rings. The van der Waals surface area contributed by atoms with Gasteiger partial charge in [-0.05, 0) is 68.0 Å². The average molecular weight is 1040 g/mol. The zero-order valence-corrected chi connectivity index (χ0v) is 42.1. The summed E-state index contributed by atoms with van der Waals surface area (Å²) in [5.74, 6) is -2.85. The van der Waals surface area contributed by atoms with Crippen LogP contribution in [0.5, 0.6) is 0 Å². The van der Waals surface area contributed by atoms with E-state index in [-0.39, 0.29) is 22.9 Å². The molecular weight excluding hydrogens is 991 g/mol. The molecule has 6 aromatic rings. The summed E-state index contributed by atoms with van der Waals surface area (Å²) < 4.78 is 11.8. The number of ether oxygens (including phenoxy) is 2. The number of β-lactam (4-membered cyclic amide) rings is 1. The van der Waals surface area contributed by atoms with E-state index in [2.05, 4.69) is 31.7 Å². The molecular formula is C54H50BrN5O8S2. The number of nitrogens with one attached hydrogen (secondary N) is 2. The van der Waals surface area contributed by atoms with Crippen LogP contribution in [-0.4, -0.2) is 78.8 Å². The number of benzene rings is 5. The molecule has 8 rings (SSSR count). The van der Waals surface area contributed by atoms with Gasteiger partial charge in [-0.3, -0.25) is 14.5 Å². The van der Waals surface area contributed by atoms with Gasteiger partial charge in [0.25, 0.3) is 11.8 Å². The summed E-state index contributed by atoms with van der Waals surface area (Å²) in [6.45, 7) is 8.10. The number of amides is 2. The number of hydrogen-bond donors (Lipinski definition) is 2. The number of anilines is 1. The highest BCUT2D eigenvalue weighted by molar-refractivity contribution is 9.10. The van der Waals surface area contributed by atoms with Crippen LogP contribution in [0.25, 0.3) is 0 Å². The van der Waals surface area contributed by atoms with Crippen LogP contribution >= 0.6 is 39.0 Å². The number of carbonyl (C=O) groups excluding carboxylic acids is 5. The zero-order valence-electron chi connectivity index (χ0n) is 38.9. The number of nitrogens with zero attached hydrogens (tertiary/aromatic N) is 3. The van der Waals surface area contributed by atoms with Crippen molar-refractivity contribution in [2.24, 2.45) is 5.16 Å². The van der Waals surface area contributed by atoms with Gasteiger partial charge in [0.1, 0.15) is 40.2 Å². The molecule has 358 valence electrons. The minimum Gasteiger partial charge on any atom is -0.457 e. The Bertz CT molecular complexity index is 2780. The third-order valence-electron chi connectivity index (χ3n) is 11.5. The van der Waals surface area contributed by atoms with Crippen molar-refractivity contribution in [2.75, 3.05) is 11.1 Å². The second-order valence-electron chi connectivity index (χ2n) is 17.9. The van der Waals surface area contributed by atoms with Crippen LogP contribution in [-0.2, 0) is 43.8 Å². The highest BCUT2D eigenvalue weighted by atomic mass is 79.9. The quantitative estimate of drug-likeness (QED) is 0.0170. The second kappa shape index (κ2) is 21.0. The molecule has 2 aliphatic heterocycles. The first-order valence-corrected chi connectivity index (χ1v) is 25.2. The van der Waals surface area contributed by atoms with E-state index in [0.29, 0.717) is 28.1 Å². The van der Waals surface area contributed by atoms with Gasteiger partial charge in [-0.1, -0.05) is 173 Å². The Hall–Kier alpha value is -6.88. The van der Waals surface area contributed by atoms with Gasteiger partial charge >= 0.3 is 11.9 Å². The normalized spacial score (nSPS) is 16.6. The number of esters is 2. The molecule has 13 nitrogen and oxygen atoms in total. The molecule has 2 amide bonds. The number of thioether (sulfide) groups is 1. The summed E-state index contributed by atoms with van der Waals surface area (Å²) in [7, 11) is 0. The standard InChI is InChI=1S/C54H50BrN5O8S2/c1-52(2,3)67-50(65)53(4,5)68-59-42(41-33-70-51(56-41)58-54(36-25-15-8-16-26-36,37-27-17-9-18-28-37)38-29-19-10-20-30-38)46(62)57-43-47(63)60-44(39(40(55)31-61)32-69-48(43)60)49(64)66-45(34-21-11-6-12-22-34)35-23-13-7-14-24-35/h6-31,33,40,43,45,48H,32H2,1-5H3,(H,56,58)(H,57,62)/b59-42+. The minimum absolute atomic E-state index is 0.0837. The summed E-state index contributed by atoms with van der Waals surface area (Å²) in [5.41, 5.74) is 0.708. The molecule has 0 aliphatic carbocycles. The fourth-order valence-corrected chi connectivity index (χ4v) is 10.8. The number of oxime groups is 1. The molecule has 1 saturated heterocycles. The maximum Gasteiger partial charge on any atom is 0.356 e. The SMILES string of the molecule is CC(C)(C)OC(=O)C(C)(C)O/N=C(/C(=O)NC1C(=O)N2C(C(=O)OC(c3ccccc3)c3ccccc3)=C(C(Br)C=O)CSC12)c1csc(NC(c2ccccc2)(c2ccccc2)c2ccccc2)n1. The van der Waals surface area contributed by atoms with Gasteiger partial charge < -0.3 is 29.7 Å². The molecule has 3 heterocycles. The van der Waals surface area contributed by atoms with Crippen LogP contribution in [0.3, 0.4) is 0 Å². The van der Waals surface area contributed by atoms with Gasteiger partial charge in [0.2, 0.25) is 5.60 Å². The molecule has 5 aromatic carbocycles. The maximum absolute atomic E-state index is 14.7. The number of thiazole rings is 1. The van der Waals surface area contributed by atoms with Crippen molar-refractivity contribution in [1.82, 2.24) is 15.2 Å². The highest BCUT2D eigenvalue weighted by Gasteiger charge is 2.55. The Morgan fingerprint density at radius 2 is 1.29 bits per heavy atom. The van der Waals surface area contributed by atoms with Crippen molar-refractivity contribution >= 4 is 79.9 Å². The molecule has 70 heavy (non-hydrogen) atoms. The molecule has 0 saturated carbocycles. The van der Waals surface area contributed by atoms with Gasteiger partial charge in [0, 0.05) is 11.1 Å². The van der Waals surface area contributed by atoms with Crippen LogP contribution in [0.15, 0.2) is 173 Å². The Balaban J connectivity index is 1.12. The lowest BCUT2D eigenvalue weighted by molar-refractivity contribution is -0.179. The molecule has 3 atom stereocenters. The zero-order chi connectivity index (χ0) is 49.6. The lowest BCUT2D eigenvalue weighted by atomic mass is 9.77. The number of aldehydes is 1.